The molecule has 0 spiro atoms. The fraction of sp³-hybridized carbons (Fsp3) is 0.286. The zero-order valence-electron chi connectivity index (χ0n) is 8.22. The summed E-state index contributed by atoms with van der Waals surface area (Å²) < 4.78 is 47.0. The molecule has 10 heteroatoms. The average molecular weight is 287 g/mol. The number of aryl methyl sites for hydroxylation is 1. The second-order valence-electron chi connectivity index (χ2n) is 3.01. The van der Waals surface area contributed by atoms with Crippen molar-refractivity contribution < 1.29 is 22.1 Å². The highest BCUT2D eigenvalue weighted by Gasteiger charge is 2.30. The topological polar surface area (TPSA) is 90.2 Å². The minimum absolute atomic E-state index is 0.263. The molecular weight excluding hydrogens is 282 g/mol. The van der Waals surface area contributed by atoms with Crippen molar-refractivity contribution in [1.82, 2.24) is 4.98 Å². The van der Waals surface area contributed by atoms with Gasteiger partial charge in [0.05, 0.1) is 0 Å². The summed E-state index contributed by atoms with van der Waals surface area (Å²) in [5.41, 5.74) is -1.18. The molecule has 0 atom stereocenters. The van der Waals surface area contributed by atoms with E-state index in [1.54, 1.807) is 0 Å². The van der Waals surface area contributed by atoms with E-state index < -0.39 is 36.8 Å². The van der Waals surface area contributed by atoms with Crippen molar-refractivity contribution in [1.29, 1.82) is 0 Å². The van der Waals surface area contributed by atoms with Crippen molar-refractivity contribution >= 4 is 25.6 Å². The van der Waals surface area contributed by atoms with Gasteiger partial charge in [0.1, 0.15) is 5.56 Å². The van der Waals surface area contributed by atoms with Crippen LogP contribution in [0, 0.1) is 17.0 Å². The van der Waals surface area contributed by atoms with Crippen molar-refractivity contribution in [3.8, 4) is 0 Å². The van der Waals surface area contributed by atoms with Crippen LogP contribution in [0.25, 0.3) is 0 Å². The summed E-state index contributed by atoms with van der Waals surface area (Å²) >= 11 is 0. The Morgan fingerprint density at radius 2 is 2.06 bits per heavy atom. The molecule has 0 N–H and O–H groups in total. The van der Waals surface area contributed by atoms with Crippen molar-refractivity contribution in [2.24, 2.45) is 0 Å². The molecule has 1 aromatic heterocycles. The molecule has 0 fully saturated rings. The van der Waals surface area contributed by atoms with Crippen LogP contribution >= 0.6 is 10.7 Å². The quantitative estimate of drug-likeness (QED) is 0.482. The van der Waals surface area contributed by atoms with E-state index in [9.17, 15) is 27.3 Å². The summed E-state index contributed by atoms with van der Waals surface area (Å²) in [6.07, 6.45) is -3.13. The van der Waals surface area contributed by atoms with Gasteiger partial charge < -0.3 is 10.1 Å². The van der Waals surface area contributed by atoms with Crippen LogP contribution < -0.4 is 0 Å². The predicted octanol–water partition coefficient (Wildman–Crippen LogP) is 2.16. The Kier molecular flexibility index (Phi) is 3.62. The standard InChI is InChI=1S/C7H5ClF2N2O4S/c1-3-2-4(17(8,15)16)11-7(12(13)14)5(3)6(9)10/h2,6H,1H3. The van der Waals surface area contributed by atoms with E-state index in [0.717, 1.165) is 13.0 Å². The molecule has 0 saturated heterocycles. The average Bonchev–Trinajstić information content (AvgIpc) is 2.13. The summed E-state index contributed by atoms with van der Waals surface area (Å²) in [5, 5.41) is 9.70. The first-order valence-corrected chi connectivity index (χ1v) is 6.34. The summed E-state index contributed by atoms with van der Waals surface area (Å²) in [6.45, 7) is 1.11. The van der Waals surface area contributed by atoms with Gasteiger partial charge in [-0.15, -0.1) is 0 Å². The molecule has 1 aromatic rings. The van der Waals surface area contributed by atoms with Gasteiger partial charge in [-0.05, 0) is 22.4 Å². The monoisotopic (exact) mass is 286 g/mol. The zero-order valence-corrected chi connectivity index (χ0v) is 9.80. The highest BCUT2D eigenvalue weighted by atomic mass is 35.7. The third-order valence-corrected chi connectivity index (χ3v) is 3.05. The molecule has 0 aliphatic carbocycles. The lowest BCUT2D eigenvalue weighted by atomic mass is 10.1. The number of rotatable bonds is 3. The molecule has 0 unspecified atom stereocenters. The van der Waals surface area contributed by atoms with Gasteiger partial charge in [-0.1, -0.05) is 0 Å². The molecule has 0 amide bonds. The van der Waals surface area contributed by atoms with Gasteiger partial charge in [0.25, 0.3) is 11.5 Å². The maximum absolute atomic E-state index is 12.6. The highest BCUT2D eigenvalue weighted by Crippen LogP contribution is 2.32. The Morgan fingerprint density at radius 3 is 2.41 bits per heavy atom. The fourth-order valence-electron chi connectivity index (χ4n) is 1.17. The van der Waals surface area contributed by atoms with E-state index >= 15 is 0 Å². The van der Waals surface area contributed by atoms with Crippen LogP contribution in [-0.4, -0.2) is 18.3 Å². The van der Waals surface area contributed by atoms with Crippen LogP contribution in [0.4, 0.5) is 14.6 Å². The van der Waals surface area contributed by atoms with Crippen molar-refractivity contribution in [2.45, 2.75) is 18.4 Å². The number of alkyl halides is 2. The van der Waals surface area contributed by atoms with E-state index in [0.29, 0.717) is 0 Å². The molecule has 17 heavy (non-hydrogen) atoms. The van der Waals surface area contributed by atoms with E-state index in [1.807, 2.05) is 0 Å². The van der Waals surface area contributed by atoms with Gasteiger partial charge in [-0.3, -0.25) is 0 Å². The number of nitro groups is 1. The molecule has 0 aliphatic rings. The van der Waals surface area contributed by atoms with Crippen molar-refractivity contribution in [3.63, 3.8) is 0 Å². The molecule has 6 nitrogen and oxygen atoms in total. The van der Waals surface area contributed by atoms with E-state index in [-0.39, 0.29) is 5.56 Å². The Hall–Kier alpha value is -1.35. The maximum Gasteiger partial charge on any atom is 0.374 e. The molecule has 0 radical (unpaired) electrons. The van der Waals surface area contributed by atoms with Crippen molar-refractivity contribution in [2.75, 3.05) is 0 Å². The second-order valence-corrected chi connectivity index (χ2v) is 5.52. The Morgan fingerprint density at radius 1 is 1.53 bits per heavy atom. The summed E-state index contributed by atoms with van der Waals surface area (Å²) in [4.78, 5) is 12.4. The first kappa shape index (κ1) is 13.7. The smallest absolute Gasteiger partial charge is 0.358 e. The molecule has 0 bridgehead atoms. The van der Waals surface area contributed by atoms with E-state index in [4.69, 9.17) is 10.7 Å². The third-order valence-electron chi connectivity index (χ3n) is 1.86. The maximum atomic E-state index is 12.6. The van der Waals surface area contributed by atoms with Gasteiger partial charge in [-0.2, -0.15) is 0 Å². The van der Waals surface area contributed by atoms with Crippen LogP contribution in [0.2, 0.25) is 0 Å². The SMILES string of the molecule is Cc1cc(S(=O)(=O)Cl)nc([N+](=O)[O-])c1C(F)F. The van der Waals surface area contributed by atoms with Crippen LogP contribution in [0.15, 0.2) is 11.1 Å². The number of aromatic nitrogens is 1. The van der Waals surface area contributed by atoms with Crippen LogP contribution in [0.3, 0.4) is 0 Å². The van der Waals surface area contributed by atoms with Crippen molar-refractivity contribution in [3.05, 3.63) is 27.3 Å². The number of pyridine rings is 1. The van der Waals surface area contributed by atoms with E-state index in [2.05, 4.69) is 4.98 Å². The van der Waals surface area contributed by atoms with Crippen LogP contribution in [0.1, 0.15) is 17.6 Å². The Balaban J connectivity index is 3.64. The molecule has 94 valence electrons. The zero-order chi connectivity index (χ0) is 13.4. The Labute approximate surface area is 98.8 Å². The molecule has 0 aromatic carbocycles. The van der Waals surface area contributed by atoms with Gasteiger partial charge in [0.15, 0.2) is 0 Å². The van der Waals surface area contributed by atoms with Gasteiger partial charge in [0, 0.05) is 16.7 Å². The third kappa shape index (κ3) is 2.86. The van der Waals surface area contributed by atoms with Crippen LogP contribution in [0.5, 0.6) is 0 Å². The minimum Gasteiger partial charge on any atom is -0.358 e. The lowest BCUT2D eigenvalue weighted by molar-refractivity contribution is -0.391. The predicted molar refractivity (Wildman–Crippen MR) is 53.6 cm³/mol. The van der Waals surface area contributed by atoms with Gasteiger partial charge in [0.2, 0.25) is 0 Å². The molecule has 0 saturated carbocycles. The van der Waals surface area contributed by atoms with Gasteiger partial charge in [-0.25, -0.2) is 17.2 Å². The lowest BCUT2D eigenvalue weighted by Crippen LogP contribution is -2.06. The Bertz CT molecular complexity index is 575. The largest absolute Gasteiger partial charge is 0.374 e. The number of hydrogen-bond donors (Lipinski definition) is 0. The van der Waals surface area contributed by atoms with E-state index in [1.165, 1.54) is 0 Å². The summed E-state index contributed by atoms with van der Waals surface area (Å²) in [7, 11) is 0.627. The summed E-state index contributed by atoms with van der Waals surface area (Å²) in [5.74, 6) is -1.21. The molecule has 0 aliphatic heterocycles. The second kappa shape index (κ2) is 4.49. The number of nitrogens with zero attached hydrogens (tertiary/aromatic N) is 2. The first-order chi connectivity index (χ1) is 7.64. The highest BCUT2D eigenvalue weighted by molar-refractivity contribution is 8.13. The molecular formula is C7H5ClF2N2O4S. The summed E-state index contributed by atoms with van der Waals surface area (Å²) in [6, 6.07) is 0.761. The normalized spacial score (nSPS) is 11.8. The molecule has 1 heterocycles. The van der Waals surface area contributed by atoms with Crippen LogP contribution in [-0.2, 0) is 9.05 Å². The number of halogens is 3. The van der Waals surface area contributed by atoms with Gasteiger partial charge >= 0.3 is 14.9 Å². The first-order valence-electron chi connectivity index (χ1n) is 4.03. The molecule has 1 rings (SSSR count). The fourth-order valence-corrected chi connectivity index (χ4v) is 1.92. The lowest BCUT2D eigenvalue weighted by Gasteiger charge is -2.05. The minimum atomic E-state index is -4.31. The number of hydrogen-bond acceptors (Lipinski definition) is 5.